The molecule has 2 aliphatic rings. The van der Waals surface area contributed by atoms with Gasteiger partial charge in [-0.05, 0) is 42.2 Å². The van der Waals surface area contributed by atoms with Gasteiger partial charge in [0.2, 0.25) is 0 Å². The molecule has 5 rings (SSSR count). The summed E-state index contributed by atoms with van der Waals surface area (Å²) in [4.78, 5) is 7.06. The maximum absolute atomic E-state index is 11.7. The van der Waals surface area contributed by atoms with Crippen molar-refractivity contribution in [3.63, 3.8) is 0 Å². The van der Waals surface area contributed by atoms with E-state index in [0.717, 1.165) is 49.5 Å². The number of nitrogens with zero attached hydrogens (tertiary/aromatic N) is 2. The van der Waals surface area contributed by atoms with Crippen LogP contribution in [0.4, 0.5) is 0 Å². The van der Waals surface area contributed by atoms with Crippen molar-refractivity contribution >= 4 is 0 Å². The standard InChI is InChI=1S/C27H30N2O2/c1-31-25-10-3-2-9-24(25)21-14-12-20(13-15-21)17-29-18-22-7-6-8-23(19-29)27(22,30)26-11-4-5-16-28-26/h2-5,9-16,22-23,30H,6-8,17-19H2,1H3/t22-,23+,27?. The summed E-state index contributed by atoms with van der Waals surface area (Å²) in [6, 6.07) is 22.8. The van der Waals surface area contributed by atoms with E-state index in [2.05, 4.69) is 40.2 Å². The van der Waals surface area contributed by atoms with Gasteiger partial charge in [0.15, 0.2) is 0 Å². The first kappa shape index (κ1) is 20.2. The highest BCUT2D eigenvalue weighted by Gasteiger charge is 2.52. The number of pyridine rings is 1. The molecule has 0 spiro atoms. The summed E-state index contributed by atoms with van der Waals surface area (Å²) < 4.78 is 5.51. The van der Waals surface area contributed by atoms with Crippen LogP contribution in [-0.4, -0.2) is 35.2 Å². The predicted octanol–water partition coefficient (Wildman–Crippen LogP) is 4.88. The van der Waals surface area contributed by atoms with Crippen LogP contribution in [0.3, 0.4) is 0 Å². The molecule has 3 atom stereocenters. The van der Waals surface area contributed by atoms with Gasteiger partial charge in [-0.1, -0.05) is 55.0 Å². The van der Waals surface area contributed by atoms with Gasteiger partial charge in [0.05, 0.1) is 12.8 Å². The molecular weight excluding hydrogens is 384 g/mol. The molecule has 2 bridgehead atoms. The summed E-state index contributed by atoms with van der Waals surface area (Å²) in [5, 5.41) is 11.7. The Labute approximate surface area is 184 Å². The molecule has 1 N–H and O–H groups in total. The molecule has 1 saturated carbocycles. The van der Waals surface area contributed by atoms with E-state index in [-0.39, 0.29) is 11.8 Å². The average molecular weight is 415 g/mol. The number of benzene rings is 2. The van der Waals surface area contributed by atoms with Gasteiger partial charge >= 0.3 is 0 Å². The fourth-order valence-corrected chi connectivity index (χ4v) is 5.62. The number of hydrogen-bond acceptors (Lipinski definition) is 4. The monoisotopic (exact) mass is 414 g/mol. The lowest BCUT2D eigenvalue weighted by molar-refractivity contribution is -0.151. The summed E-state index contributed by atoms with van der Waals surface area (Å²) in [6.07, 6.45) is 5.13. The minimum atomic E-state index is -0.788. The predicted molar refractivity (Wildman–Crippen MR) is 123 cm³/mol. The third-order valence-electron chi connectivity index (χ3n) is 7.16. The van der Waals surface area contributed by atoms with Crippen LogP contribution >= 0.6 is 0 Å². The Morgan fingerprint density at radius 1 is 0.968 bits per heavy atom. The van der Waals surface area contributed by atoms with Crippen LogP contribution in [0.2, 0.25) is 0 Å². The minimum absolute atomic E-state index is 0.239. The summed E-state index contributed by atoms with van der Waals surface area (Å²) in [5.41, 5.74) is 3.65. The van der Waals surface area contributed by atoms with E-state index in [0.29, 0.717) is 0 Å². The Balaban J connectivity index is 1.32. The number of aromatic nitrogens is 1. The number of fused-ring (bicyclic) bond motifs is 2. The van der Waals surface area contributed by atoms with Crippen molar-refractivity contribution in [3.05, 3.63) is 84.2 Å². The molecule has 4 nitrogen and oxygen atoms in total. The lowest BCUT2D eigenvalue weighted by Crippen LogP contribution is -2.58. The first-order valence-corrected chi connectivity index (χ1v) is 11.3. The molecule has 1 aliphatic carbocycles. The smallest absolute Gasteiger partial charge is 0.126 e. The zero-order valence-corrected chi connectivity index (χ0v) is 18.1. The number of rotatable bonds is 5. The normalized spacial score (nSPS) is 25.9. The minimum Gasteiger partial charge on any atom is -0.496 e. The first-order chi connectivity index (χ1) is 15.2. The largest absolute Gasteiger partial charge is 0.496 e. The first-order valence-electron chi connectivity index (χ1n) is 11.3. The molecule has 2 heterocycles. The van der Waals surface area contributed by atoms with Crippen LogP contribution in [0.5, 0.6) is 5.75 Å². The van der Waals surface area contributed by atoms with E-state index in [1.54, 1.807) is 13.3 Å². The Kier molecular flexibility index (Phi) is 5.51. The highest BCUT2D eigenvalue weighted by atomic mass is 16.5. The number of para-hydroxylation sites is 1. The molecule has 1 unspecified atom stereocenters. The lowest BCUT2D eigenvalue weighted by atomic mass is 9.64. The van der Waals surface area contributed by atoms with Gasteiger partial charge in [0.1, 0.15) is 11.4 Å². The summed E-state index contributed by atoms with van der Waals surface area (Å²) >= 11 is 0. The molecule has 0 radical (unpaired) electrons. The second-order valence-electron chi connectivity index (χ2n) is 8.96. The number of piperidine rings is 1. The van der Waals surface area contributed by atoms with E-state index < -0.39 is 5.60 Å². The maximum atomic E-state index is 11.7. The molecule has 1 aliphatic heterocycles. The van der Waals surface area contributed by atoms with Crippen molar-refractivity contribution < 1.29 is 9.84 Å². The van der Waals surface area contributed by atoms with Crippen molar-refractivity contribution in [3.8, 4) is 16.9 Å². The summed E-state index contributed by atoms with van der Waals surface area (Å²) in [5.74, 6) is 1.37. The SMILES string of the molecule is COc1ccccc1-c1ccc(CN2C[C@H]3CCC[C@@H](C2)C3(O)c2ccccn2)cc1. The van der Waals surface area contributed by atoms with Crippen molar-refractivity contribution in [2.45, 2.75) is 31.4 Å². The van der Waals surface area contributed by atoms with Gasteiger partial charge in [-0.2, -0.15) is 0 Å². The Morgan fingerprint density at radius 3 is 2.35 bits per heavy atom. The van der Waals surface area contributed by atoms with Gasteiger partial charge < -0.3 is 9.84 Å². The molecule has 2 aromatic carbocycles. The molecule has 3 aromatic rings. The van der Waals surface area contributed by atoms with Crippen LogP contribution < -0.4 is 4.74 Å². The molecular formula is C27H30N2O2. The van der Waals surface area contributed by atoms with Crippen molar-refractivity contribution in [2.24, 2.45) is 11.8 Å². The van der Waals surface area contributed by atoms with Crippen LogP contribution in [0.15, 0.2) is 72.9 Å². The molecule has 0 amide bonds. The van der Waals surface area contributed by atoms with Crippen molar-refractivity contribution in [1.29, 1.82) is 0 Å². The fourth-order valence-electron chi connectivity index (χ4n) is 5.62. The topological polar surface area (TPSA) is 45.6 Å². The second kappa shape index (κ2) is 8.45. The third kappa shape index (κ3) is 3.75. The Hall–Kier alpha value is -2.69. The van der Waals surface area contributed by atoms with Crippen LogP contribution in [-0.2, 0) is 12.1 Å². The van der Waals surface area contributed by atoms with E-state index in [1.165, 1.54) is 17.5 Å². The molecule has 1 aromatic heterocycles. The van der Waals surface area contributed by atoms with E-state index in [1.807, 2.05) is 36.4 Å². The Morgan fingerprint density at radius 2 is 1.68 bits per heavy atom. The molecule has 2 fully saturated rings. The quantitative estimate of drug-likeness (QED) is 0.647. The van der Waals surface area contributed by atoms with Gasteiger partial charge in [-0.25, -0.2) is 0 Å². The highest BCUT2D eigenvalue weighted by molar-refractivity contribution is 5.70. The highest BCUT2D eigenvalue weighted by Crippen LogP contribution is 2.48. The molecule has 4 heteroatoms. The number of hydrogen-bond donors (Lipinski definition) is 1. The van der Waals surface area contributed by atoms with Crippen LogP contribution in [0, 0.1) is 11.8 Å². The zero-order chi connectivity index (χ0) is 21.3. The number of aliphatic hydroxyl groups is 1. The van der Waals surface area contributed by atoms with Gasteiger partial charge in [-0.15, -0.1) is 0 Å². The van der Waals surface area contributed by atoms with Crippen LogP contribution in [0.25, 0.3) is 11.1 Å². The Bertz CT molecular complexity index is 1000. The van der Waals surface area contributed by atoms with Crippen molar-refractivity contribution in [1.82, 2.24) is 9.88 Å². The molecule has 1 saturated heterocycles. The van der Waals surface area contributed by atoms with Crippen molar-refractivity contribution in [2.75, 3.05) is 20.2 Å². The summed E-state index contributed by atoms with van der Waals surface area (Å²) in [7, 11) is 1.71. The second-order valence-corrected chi connectivity index (χ2v) is 8.96. The zero-order valence-electron chi connectivity index (χ0n) is 18.1. The van der Waals surface area contributed by atoms with Gasteiger partial charge in [0, 0.05) is 43.2 Å². The number of likely N-dealkylation sites (tertiary alicyclic amines) is 1. The van der Waals surface area contributed by atoms with Gasteiger partial charge in [0.25, 0.3) is 0 Å². The third-order valence-corrected chi connectivity index (χ3v) is 7.16. The maximum Gasteiger partial charge on any atom is 0.126 e. The van der Waals surface area contributed by atoms with E-state index in [9.17, 15) is 5.11 Å². The average Bonchev–Trinajstić information content (AvgIpc) is 2.81. The summed E-state index contributed by atoms with van der Waals surface area (Å²) in [6.45, 7) is 2.74. The van der Waals surface area contributed by atoms with Gasteiger partial charge in [-0.3, -0.25) is 9.88 Å². The number of ether oxygens (including phenoxy) is 1. The fraction of sp³-hybridized carbons (Fsp3) is 0.370. The lowest BCUT2D eigenvalue weighted by Gasteiger charge is -2.52. The van der Waals surface area contributed by atoms with E-state index >= 15 is 0 Å². The van der Waals surface area contributed by atoms with E-state index in [4.69, 9.17) is 4.74 Å². The van der Waals surface area contributed by atoms with Crippen LogP contribution in [0.1, 0.15) is 30.5 Å². The molecule has 160 valence electrons. The molecule has 31 heavy (non-hydrogen) atoms. The number of methoxy groups -OCH3 is 1.